The van der Waals surface area contributed by atoms with E-state index in [1.165, 1.54) is 25.7 Å². The Morgan fingerprint density at radius 3 is 1.85 bits per heavy atom. The summed E-state index contributed by atoms with van der Waals surface area (Å²) in [5.74, 6) is 8.30. The van der Waals surface area contributed by atoms with Crippen molar-refractivity contribution in [1.82, 2.24) is 0 Å². The van der Waals surface area contributed by atoms with E-state index < -0.39 is 5.97 Å². The lowest BCUT2D eigenvalue weighted by Gasteiger charge is -1.94. The molecule has 0 aliphatic rings. The zero-order valence-electron chi connectivity index (χ0n) is 12.1. The highest BCUT2D eigenvalue weighted by molar-refractivity contribution is 5.88. The third-order valence-electron chi connectivity index (χ3n) is 2.13. The molecule has 1 aromatic carbocycles. The Labute approximate surface area is 120 Å². The zero-order valence-corrected chi connectivity index (χ0v) is 12.1. The van der Waals surface area contributed by atoms with Crippen LogP contribution in [-0.2, 0) is 14.5 Å². The van der Waals surface area contributed by atoms with Crippen LogP contribution >= 0.6 is 0 Å². The van der Waals surface area contributed by atoms with Crippen molar-refractivity contribution in [3.63, 3.8) is 0 Å². The fraction of sp³-hybridized carbons (Fsp3) is 0.429. The van der Waals surface area contributed by atoms with Crippen LogP contribution in [0.15, 0.2) is 30.3 Å². The van der Waals surface area contributed by atoms with Gasteiger partial charge in [-0.1, -0.05) is 57.7 Å². The molecule has 0 aromatic heterocycles. The van der Waals surface area contributed by atoms with Gasteiger partial charge in [-0.3, -0.25) is 4.79 Å². The second kappa shape index (κ2) is 17.1. The van der Waals surface area contributed by atoms with E-state index in [1.54, 1.807) is 24.3 Å². The van der Waals surface area contributed by atoms with Gasteiger partial charge in [0.15, 0.2) is 0 Å². The molecule has 0 aliphatic heterocycles. The predicted octanol–water partition coefficient (Wildman–Crippen LogP) is 2.34. The summed E-state index contributed by atoms with van der Waals surface area (Å²) in [6.45, 7) is 4.62. The molecule has 1 aromatic rings. The molecule has 0 unspecified atom stereocenters. The molecule has 0 atom stereocenters. The van der Waals surface area contributed by atoms with Crippen molar-refractivity contribution >= 4 is 12.4 Å². The standard InChI is InChI=1S/C7H7NO2.C6H14.CH3NO2/c8-10-7(9)6-4-2-1-3-5-6;1-3-5-6-4-2;2-4-1-3/h1-5H,8H2;3-6H2,1-2H3;1H,2H2. The lowest BCUT2D eigenvalue weighted by Crippen LogP contribution is -2.09. The van der Waals surface area contributed by atoms with E-state index in [-0.39, 0.29) is 6.47 Å². The average Bonchev–Trinajstić information content (AvgIpc) is 2.53. The van der Waals surface area contributed by atoms with Crippen LogP contribution in [0.2, 0.25) is 0 Å². The normalized spacial score (nSPS) is 8.20. The molecule has 6 heteroatoms. The smallest absolute Gasteiger partial charge is 0.356 e. The number of rotatable bonds is 5. The van der Waals surface area contributed by atoms with Crippen LogP contribution in [0.25, 0.3) is 0 Å². The van der Waals surface area contributed by atoms with Gasteiger partial charge in [-0.15, -0.1) is 0 Å². The minimum absolute atomic E-state index is 0.153. The van der Waals surface area contributed by atoms with Gasteiger partial charge in [-0.2, -0.15) is 11.8 Å². The van der Waals surface area contributed by atoms with Gasteiger partial charge < -0.3 is 9.68 Å². The van der Waals surface area contributed by atoms with Crippen molar-refractivity contribution < 1.29 is 19.3 Å². The van der Waals surface area contributed by atoms with Crippen LogP contribution in [0.4, 0.5) is 0 Å². The van der Waals surface area contributed by atoms with Gasteiger partial charge in [-0.05, 0) is 12.1 Å². The second-order valence-electron chi connectivity index (χ2n) is 3.71. The summed E-state index contributed by atoms with van der Waals surface area (Å²) in [5.41, 5.74) is 0.463. The highest BCUT2D eigenvalue weighted by atomic mass is 16.7. The Balaban J connectivity index is 0. The number of benzene rings is 1. The highest BCUT2D eigenvalue weighted by Crippen LogP contribution is 1.98. The molecule has 0 bridgehead atoms. The molecular formula is C14H24N2O4. The molecule has 0 heterocycles. The third-order valence-corrected chi connectivity index (χ3v) is 2.13. The van der Waals surface area contributed by atoms with Gasteiger partial charge in [-0.25, -0.2) is 4.79 Å². The Bertz CT molecular complexity index is 327. The van der Waals surface area contributed by atoms with Crippen molar-refractivity contribution in [1.29, 1.82) is 0 Å². The fourth-order valence-electron chi connectivity index (χ4n) is 1.14. The van der Waals surface area contributed by atoms with Gasteiger partial charge >= 0.3 is 12.4 Å². The summed E-state index contributed by atoms with van der Waals surface area (Å²) >= 11 is 0. The first-order valence-electron chi connectivity index (χ1n) is 6.43. The molecule has 0 aliphatic carbocycles. The Kier molecular flexibility index (Phi) is 17.4. The van der Waals surface area contributed by atoms with E-state index in [2.05, 4.69) is 35.3 Å². The molecule has 4 N–H and O–H groups in total. The number of nitrogens with two attached hydrogens (primary N) is 2. The van der Waals surface area contributed by atoms with Crippen molar-refractivity contribution in [3.05, 3.63) is 35.9 Å². The molecule has 20 heavy (non-hydrogen) atoms. The van der Waals surface area contributed by atoms with Crippen molar-refractivity contribution in [2.24, 2.45) is 11.8 Å². The molecular weight excluding hydrogens is 260 g/mol. The van der Waals surface area contributed by atoms with Crippen LogP contribution < -0.4 is 11.8 Å². The predicted molar refractivity (Wildman–Crippen MR) is 77.2 cm³/mol. The van der Waals surface area contributed by atoms with Gasteiger partial charge in [0, 0.05) is 0 Å². The Morgan fingerprint density at radius 2 is 1.55 bits per heavy atom. The average molecular weight is 284 g/mol. The fourth-order valence-corrected chi connectivity index (χ4v) is 1.14. The Hall–Kier alpha value is -1.92. The maximum Gasteiger partial charge on any atom is 0.356 e. The monoisotopic (exact) mass is 284 g/mol. The van der Waals surface area contributed by atoms with Crippen molar-refractivity contribution in [2.45, 2.75) is 39.5 Å². The number of carbonyl (C=O) groups is 2. The SMILES string of the molecule is CCCCCC.NOC(=O)c1ccccc1.NOC=O. The lowest BCUT2D eigenvalue weighted by atomic mass is 10.2. The van der Waals surface area contributed by atoms with E-state index in [4.69, 9.17) is 4.79 Å². The quantitative estimate of drug-likeness (QED) is 0.488. The molecule has 0 fully saturated rings. The first kappa shape index (κ1) is 20.4. The molecule has 114 valence electrons. The number of unbranched alkanes of at least 4 members (excludes halogenated alkanes) is 3. The van der Waals surface area contributed by atoms with Gasteiger partial charge in [0.1, 0.15) is 0 Å². The van der Waals surface area contributed by atoms with E-state index in [1.807, 2.05) is 6.07 Å². The summed E-state index contributed by atoms with van der Waals surface area (Å²) < 4.78 is 0. The first-order chi connectivity index (χ1) is 9.67. The van der Waals surface area contributed by atoms with Crippen LogP contribution in [0, 0.1) is 0 Å². The maximum atomic E-state index is 10.7. The van der Waals surface area contributed by atoms with E-state index in [0.29, 0.717) is 5.56 Å². The second-order valence-corrected chi connectivity index (χ2v) is 3.71. The first-order valence-corrected chi connectivity index (χ1v) is 6.43. The van der Waals surface area contributed by atoms with Gasteiger partial charge in [0.2, 0.25) is 0 Å². The van der Waals surface area contributed by atoms with Crippen molar-refractivity contribution in [2.75, 3.05) is 0 Å². The highest BCUT2D eigenvalue weighted by Gasteiger charge is 2.01. The largest absolute Gasteiger partial charge is 0.376 e. The van der Waals surface area contributed by atoms with Crippen molar-refractivity contribution in [3.8, 4) is 0 Å². The molecule has 0 amide bonds. The molecule has 0 saturated carbocycles. The summed E-state index contributed by atoms with van der Waals surface area (Å²) in [6.07, 6.45) is 5.54. The maximum absolute atomic E-state index is 10.7. The summed E-state index contributed by atoms with van der Waals surface area (Å²) in [7, 11) is 0. The van der Waals surface area contributed by atoms with Crippen LogP contribution in [0.5, 0.6) is 0 Å². The van der Waals surface area contributed by atoms with E-state index in [0.717, 1.165) is 0 Å². The minimum atomic E-state index is -0.513. The van der Waals surface area contributed by atoms with Gasteiger partial charge in [0.25, 0.3) is 0 Å². The number of hydrogen-bond acceptors (Lipinski definition) is 6. The zero-order chi connectivity index (χ0) is 15.6. The topological polar surface area (TPSA) is 105 Å². The molecule has 0 saturated heterocycles. The van der Waals surface area contributed by atoms with Crippen LogP contribution in [0.1, 0.15) is 49.9 Å². The minimum Gasteiger partial charge on any atom is -0.376 e. The van der Waals surface area contributed by atoms with E-state index in [9.17, 15) is 4.79 Å². The molecule has 6 nitrogen and oxygen atoms in total. The lowest BCUT2D eigenvalue weighted by molar-refractivity contribution is -0.129. The number of hydrogen-bond donors (Lipinski definition) is 2. The number of carbonyl (C=O) groups excluding carboxylic acids is 2. The van der Waals surface area contributed by atoms with E-state index >= 15 is 0 Å². The Morgan fingerprint density at radius 1 is 1.10 bits per heavy atom. The van der Waals surface area contributed by atoms with Crippen LogP contribution in [0.3, 0.4) is 0 Å². The molecule has 0 radical (unpaired) electrons. The third kappa shape index (κ3) is 14.1. The van der Waals surface area contributed by atoms with Gasteiger partial charge in [0.05, 0.1) is 5.56 Å². The molecule has 1 rings (SSSR count). The molecule has 0 spiro atoms. The summed E-state index contributed by atoms with van der Waals surface area (Å²) in [6, 6.07) is 8.57. The summed E-state index contributed by atoms with van der Waals surface area (Å²) in [4.78, 5) is 26.9. The van der Waals surface area contributed by atoms with Crippen LogP contribution in [-0.4, -0.2) is 12.4 Å². The summed E-state index contributed by atoms with van der Waals surface area (Å²) in [5, 5.41) is 0.